The zero-order valence-corrected chi connectivity index (χ0v) is 11.4. The Morgan fingerprint density at radius 3 is 1.00 bits per heavy atom. The van der Waals surface area contributed by atoms with Gasteiger partial charge in [-0.05, 0) is 0 Å². The molecule has 5 heavy (non-hydrogen) atoms. The summed E-state index contributed by atoms with van der Waals surface area (Å²) >= 11 is 0. The first-order valence-electron chi connectivity index (χ1n) is 0. The van der Waals surface area contributed by atoms with Gasteiger partial charge in [-0.2, -0.15) is 23.4 Å². The normalized spacial score (nSPS) is 0. The molecule has 1 unspecified atom stereocenters. The molecule has 0 aliphatic heterocycles. The van der Waals surface area contributed by atoms with Crippen molar-refractivity contribution in [2.24, 2.45) is 0 Å². The van der Waals surface area contributed by atoms with Crippen LogP contribution in [0.1, 0.15) is 0 Å². The smallest absolute Gasteiger partial charge is 0 e. The Hall–Kier alpha value is 3.64. The van der Waals surface area contributed by atoms with E-state index in [0.717, 1.165) is 0 Å². The SMILES string of the molecule is N.P.S.[Ca].[K]. The van der Waals surface area contributed by atoms with Crippen molar-refractivity contribution in [3.63, 3.8) is 0 Å². The number of hydrogen-bond donors (Lipinski definition) is 1. The Bertz CT molecular complexity index is 11.6. The topological polar surface area (TPSA) is 35.0 Å². The predicted octanol–water partition coefficient (Wildman–Crippen LogP) is -0.429. The molecule has 1 atom stereocenters. The maximum atomic E-state index is 0. The van der Waals surface area contributed by atoms with Gasteiger partial charge in [0.15, 0.2) is 0 Å². The second-order valence-corrected chi connectivity index (χ2v) is 0. The zero-order chi connectivity index (χ0) is 0. The van der Waals surface area contributed by atoms with Gasteiger partial charge < -0.3 is 6.15 Å². The van der Waals surface area contributed by atoms with E-state index in [1.165, 1.54) is 0 Å². The molecule has 3 radical (unpaired) electrons. The van der Waals surface area contributed by atoms with Gasteiger partial charge in [-0.15, -0.1) is 0 Å². The summed E-state index contributed by atoms with van der Waals surface area (Å²) in [5, 5.41) is 0. The van der Waals surface area contributed by atoms with Crippen molar-refractivity contribution in [1.29, 1.82) is 0 Å². The summed E-state index contributed by atoms with van der Waals surface area (Å²) in [5.74, 6) is 0. The first-order valence-corrected chi connectivity index (χ1v) is 0. The average molecular weight is 164 g/mol. The van der Waals surface area contributed by atoms with Crippen LogP contribution in [0.15, 0.2) is 0 Å². The van der Waals surface area contributed by atoms with Crippen LogP contribution < -0.4 is 6.15 Å². The van der Waals surface area contributed by atoms with Crippen molar-refractivity contribution in [2.75, 3.05) is 0 Å². The summed E-state index contributed by atoms with van der Waals surface area (Å²) in [6.07, 6.45) is 0. The molecule has 0 aliphatic carbocycles. The van der Waals surface area contributed by atoms with E-state index in [9.17, 15) is 0 Å². The molecule has 0 saturated heterocycles. The summed E-state index contributed by atoms with van der Waals surface area (Å²) < 4.78 is 0. The van der Waals surface area contributed by atoms with E-state index in [4.69, 9.17) is 0 Å². The minimum atomic E-state index is 0. The first-order chi connectivity index (χ1) is 0. The Balaban J connectivity index is 0. The third-order valence-electron chi connectivity index (χ3n) is 0. The molecule has 0 spiro atoms. The Morgan fingerprint density at radius 2 is 1.00 bits per heavy atom. The summed E-state index contributed by atoms with van der Waals surface area (Å²) in [5.41, 5.74) is 0. The first kappa shape index (κ1) is 38.1. The van der Waals surface area contributed by atoms with Gasteiger partial charge in [-0.1, -0.05) is 0 Å². The Kier molecular flexibility index (Phi) is 194. The van der Waals surface area contributed by atoms with Gasteiger partial charge in [0, 0.05) is 89.1 Å². The van der Waals surface area contributed by atoms with Crippen molar-refractivity contribution < 1.29 is 0 Å². The summed E-state index contributed by atoms with van der Waals surface area (Å²) in [6, 6.07) is 0. The monoisotopic (exact) mass is 164 g/mol. The summed E-state index contributed by atoms with van der Waals surface area (Å²) in [7, 11) is 0. The molecule has 0 saturated carbocycles. The molecule has 0 heterocycles. The van der Waals surface area contributed by atoms with Crippen LogP contribution >= 0.6 is 23.4 Å². The summed E-state index contributed by atoms with van der Waals surface area (Å²) in [6.45, 7) is 0. The van der Waals surface area contributed by atoms with Gasteiger partial charge in [-0.3, -0.25) is 0 Å². The molecule has 0 bridgehead atoms. The van der Waals surface area contributed by atoms with Crippen LogP contribution in [0.3, 0.4) is 0 Å². The fraction of sp³-hybridized carbons (Fsp3) is 0. The van der Waals surface area contributed by atoms with Gasteiger partial charge >= 0.3 is 0 Å². The molecule has 0 aromatic rings. The largest absolute Gasteiger partial charge is 0.344 e. The molecule has 0 aliphatic rings. The quantitative estimate of drug-likeness (QED) is 0.383. The van der Waals surface area contributed by atoms with E-state index >= 15 is 0 Å². The van der Waals surface area contributed by atoms with Gasteiger partial charge in [0.1, 0.15) is 0 Å². The van der Waals surface area contributed by atoms with Crippen molar-refractivity contribution in [1.82, 2.24) is 6.15 Å². The number of rotatable bonds is 0. The fourth-order valence-electron chi connectivity index (χ4n) is 0. The third-order valence-corrected chi connectivity index (χ3v) is 0. The predicted molar refractivity (Wildman–Crippen MR) is 38.0 cm³/mol. The summed E-state index contributed by atoms with van der Waals surface area (Å²) in [4.78, 5) is 0. The standard InChI is InChI=1S/Ca.K.H3N.H3P.H2S/h;;2*1H3;1H2. The van der Waals surface area contributed by atoms with Crippen molar-refractivity contribution in [2.45, 2.75) is 0 Å². The van der Waals surface area contributed by atoms with E-state index in [1.807, 2.05) is 0 Å². The minimum absolute atomic E-state index is 0. The molecule has 27 valence electrons. The van der Waals surface area contributed by atoms with Crippen LogP contribution in [0.4, 0.5) is 0 Å². The van der Waals surface area contributed by atoms with Crippen LogP contribution in [-0.2, 0) is 0 Å². The van der Waals surface area contributed by atoms with Crippen LogP contribution in [0.5, 0.6) is 0 Å². The minimum Gasteiger partial charge on any atom is -0.344 e. The Morgan fingerprint density at radius 1 is 1.00 bits per heavy atom. The second-order valence-electron chi connectivity index (χ2n) is 0. The molecule has 0 aromatic carbocycles. The second kappa shape index (κ2) is 25.4. The molecule has 0 fully saturated rings. The van der Waals surface area contributed by atoms with Crippen molar-refractivity contribution >= 4 is 113 Å². The molecular formula is H8CaKNPS. The maximum absolute atomic E-state index is 0. The molecule has 0 amide bonds. The zero-order valence-electron chi connectivity index (χ0n) is 3.62. The molecule has 0 aromatic heterocycles. The van der Waals surface area contributed by atoms with E-state index in [2.05, 4.69) is 0 Å². The molecule has 5 heteroatoms. The Labute approximate surface area is 115 Å². The van der Waals surface area contributed by atoms with Gasteiger partial charge in [0.2, 0.25) is 0 Å². The molecular weight excluding hydrogens is 156 g/mol. The maximum Gasteiger partial charge on any atom is 0 e. The van der Waals surface area contributed by atoms with Crippen molar-refractivity contribution in [3.8, 4) is 0 Å². The van der Waals surface area contributed by atoms with E-state index in [-0.39, 0.29) is 119 Å². The van der Waals surface area contributed by atoms with E-state index in [0.29, 0.717) is 0 Å². The van der Waals surface area contributed by atoms with Crippen LogP contribution in [0, 0.1) is 0 Å². The van der Waals surface area contributed by atoms with Gasteiger partial charge in [-0.25, -0.2) is 0 Å². The van der Waals surface area contributed by atoms with Crippen LogP contribution in [-0.4, -0.2) is 89.1 Å². The van der Waals surface area contributed by atoms with Crippen LogP contribution in [0.25, 0.3) is 0 Å². The number of hydrogen-bond acceptors (Lipinski definition) is 1. The molecule has 3 N–H and O–H groups in total. The third kappa shape index (κ3) is 18.3. The van der Waals surface area contributed by atoms with E-state index in [1.54, 1.807) is 0 Å². The van der Waals surface area contributed by atoms with Crippen molar-refractivity contribution in [3.05, 3.63) is 0 Å². The molecule has 0 rings (SSSR count). The van der Waals surface area contributed by atoms with E-state index < -0.39 is 0 Å². The van der Waals surface area contributed by atoms with Gasteiger partial charge in [0.05, 0.1) is 0 Å². The molecule has 1 nitrogen and oxygen atoms in total. The van der Waals surface area contributed by atoms with Crippen LogP contribution in [0.2, 0.25) is 0 Å². The average Bonchev–Trinajstić information content (AvgIpc) is 0. The fourth-order valence-corrected chi connectivity index (χ4v) is 0. The van der Waals surface area contributed by atoms with Gasteiger partial charge in [0.25, 0.3) is 0 Å².